The Balaban J connectivity index is 2.01. The minimum Gasteiger partial charge on any atom is -0.490 e. The largest absolute Gasteiger partial charge is 0.490 e. The molecule has 10 nitrogen and oxygen atoms in total. The molecule has 0 aliphatic heterocycles. The average molecular weight is 500 g/mol. The molecule has 1 aromatic carbocycles. The van der Waals surface area contributed by atoms with Gasteiger partial charge in [-0.2, -0.15) is 5.26 Å². The van der Waals surface area contributed by atoms with E-state index in [0.717, 1.165) is 17.7 Å². The SMILES string of the molecule is CCOc1ccc(NC(=O)CN(C)CC(=O)Nc2c(C#N)c(C)c(C)n2CCCOC)cc1OCC. The van der Waals surface area contributed by atoms with Crippen LogP contribution in [-0.4, -0.2) is 68.3 Å². The van der Waals surface area contributed by atoms with E-state index < -0.39 is 0 Å². The first kappa shape index (κ1) is 28.7. The number of anilines is 2. The molecule has 0 radical (unpaired) electrons. The third-order valence-electron chi connectivity index (χ3n) is 5.58. The van der Waals surface area contributed by atoms with Gasteiger partial charge in [-0.25, -0.2) is 0 Å². The predicted octanol–water partition coefficient (Wildman–Crippen LogP) is 3.32. The van der Waals surface area contributed by atoms with Crippen molar-refractivity contribution in [3.05, 3.63) is 35.0 Å². The van der Waals surface area contributed by atoms with Crippen molar-refractivity contribution in [1.29, 1.82) is 5.26 Å². The number of methoxy groups -OCH3 is 1. The molecule has 0 saturated heterocycles. The number of benzene rings is 1. The lowest BCUT2D eigenvalue weighted by Gasteiger charge is -2.18. The molecule has 0 aliphatic carbocycles. The van der Waals surface area contributed by atoms with Gasteiger partial charge in [-0.05, 0) is 58.9 Å². The number of hydrogen-bond donors (Lipinski definition) is 2. The van der Waals surface area contributed by atoms with Crippen LogP contribution >= 0.6 is 0 Å². The summed E-state index contributed by atoms with van der Waals surface area (Å²) >= 11 is 0. The fourth-order valence-corrected chi connectivity index (χ4v) is 3.82. The van der Waals surface area contributed by atoms with Crippen molar-refractivity contribution in [2.24, 2.45) is 0 Å². The maximum absolute atomic E-state index is 12.8. The zero-order chi connectivity index (χ0) is 26.7. The quantitative estimate of drug-likeness (QED) is 0.383. The van der Waals surface area contributed by atoms with Gasteiger partial charge in [0.05, 0.1) is 31.9 Å². The van der Waals surface area contributed by atoms with E-state index in [2.05, 4.69) is 16.7 Å². The van der Waals surface area contributed by atoms with Crippen LogP contribution in [0.15, 0.2) is 18.2 Å². The molecule has 2 N–H and O–H groups in total. The van der Waals surface area contributed by atoms with Gasteiger partial charge in [0.1, 0.15) is 11.9 Å². The molecule has 0 saturated carbocycles. The van der Waals surface area contributed by atoms with Crippen LogP contribution in [0.5, 0.6) is 11.5 Å². The molecular formula is C26H37N5O5. The standard InChI is InChI=1S/C26H37N5O5/c1-7-35-22-11-10-20(14-23(22)36-8-2)28-24(32)16-30(5)17-25(33)29-26-21(15-27)18(3)19(4)31(26)12-9-13-34-6/h10-11,14H,7-9,12-13,16-17H2,1-6H3,(H,28,32)(H,29,33). The monoisotopic (exact) mass is 499 g/mol. The summed E-state index contributed by atoms with van der Waals surface area (Å²) in [5, 5.41) is 15.3. The number of likely N-dealkylation sites (N-methyl/N-ethyl adjacent to an activating group) is 1. The Kier molecular flexibility index (Phi) is 11.2. The summed E-state index contributed by atoms with van der Waals surface area (Å²) in [6.07, 6.45) is 0.746. The van der Waals surface area contributed by atoms with E-state index in [1.807, 2.05) is 32.3 Å². The van der Waals surface area contributed by atoms with E-state index in [4.69, 9.17) is 14.2 Å². The van der Waals surface area contributed by atoms with Gasteiger partial charge >= 0.3 is 0 Å². The predicted molar refractivity (Wildman–Crippen MR) is 139 cm³/mol. The molecule has 36 heavy (non-hydrogen) atoms. The van der Waals surface area contributed by atoms with Crippen LogP contribution in [-0.2, 0) is 20.9 Å². The van der Waals surface area contributed by atoms with Crippen LogP contribution in [0.2, 0.25) is 0 Å². The van der Waals surface area contributed by atoms with E-state index in [0.29, 0.717) is 54.9 Å². The van der Waals surface area contributed by atoms with Crippen molar-refractivity contribution < 1.29 is 23.8 Å². The number of hydrogen-bond acceptors (Lipinski definition) is 7. The summed E-state index contributed by atoms with van der Waals surface area (Å²) in [6, 6.07) is 7.40. The molecule has 0 aliphatic rings. The highest BCUT2D eigenvalue weighted by Gasteiger charge is 2.20. The van der Waals surface area contributed by atoms with Crippen LogP contribution in [0, 0.1) is 25.2 Å². The molecule has 1 heterocycles. The van der Waals surface area contributed by atoms with Crippen LogP contribution < -0.4 is 20.1 Å². The Bertz CT molecular complexity index is 1090. The van der Waals surface area contributed by atoms with Crippen LogP contribution in [0.3, 0.4) is 0 Å². The van der Waals surface area contributed by atoms with Crippen molar-refractivity contribution >= 4 is 23.3 Å². The maximum Gasteiger partial charge on any atom is 0.239 e. The fraction of sp³-hybridized carbons (Fsp3) is 0.500. The lowest BCUT2D eigenvalue weighted by molar-refractivity contribution is -0.119. The van der Waals surface area contributed by atoms with E-state index in [-0.39, 0.29) is 24.9 Å². The molecule has 0 bridgehead atoms. The normalized spacial score (nSPS) is 10.7. The number of amides is 2. The van der Waals surface area contributed by atoms with E-state index >= 15 is 0 Å². The highest BCUT2D eigenvalue weighted by Crippen LogP contribution is 2.30. The van der Waals surface area contributed by atoms with Crippen molar-refractivity contribution in [3.8, 4) is 17.6 Å². The van der Waals surface area contributed by atoms with E-state index in [1.54, 1.807) is 37.3 Å². The summed E-state index contributed by atoms with van der Waals surface area (Å²) in [5.74, 6) is 1.05. The number of carbonyl (C=O) groups excluding carboxylic acids is 2. The maximum atomic E-state index is 12.8. The van der Waals surface area contributed by atoms with Gasteiger partial charge in [0.15, 0.2) is 11.5 Å². The van der Waals surface area contributed by atoms with Gasteiger partial charge in [-0.3, -0.25) is 14.5 Å². The molecule has 196 valence electrons. The molecule has 1 aromatic heterocycles. The molecule has 0 atom stereocenters. The molecule has 2 rings (SSSR count). The highest BCUT2D eigenvalue weighted by molar-refractivity contribution is 5.95. The third-order valence-corrected chi connectivity index (χ3v) is 5.58. The van der Waals surface area contributed by atoms with Gasteiger partial charge in [0.2, 0.25) is 11.8 Å². The Hall–Kier alpha value is -3.55. The molecule has 2 aromatic rings. The second kappa shape index (κ2) is 14.1. The minimum absolute atomic E-state index is 0.00259. The zero-order valence-electron chi connectivity index (χ0n) is 22.1. The lowest BCUT2D eigenvalue weighted by Crippen LogP contribution is -2.36. The second-order valence-corrected chi connectivity index (χ2v) is 8.34. The number of nitriles is 1. The van der Waals surface area contributed by atoms with Gasteiger partial charge in [0.25, 0.3) is 0 Å². The first-order valence-corrected chi connectivity index (χ1v) is 12.0. The highest BCUT2D eigenvalue weighted by atomic mass is 16.5. The lowest BCUT2D eigenvalue weighted by atomic mass is 10.2. The first-order chi connectivity index (χ1) is 17.2. The summed E-state index contributed by atoms with van der Waals surface area (Å²) in [6.45, 7) is 9.70. The van der Waals surface area contributed by atoms with Gasteiger partial charge < -0.3 is 29.4 Å². The van der Waals surface area contributed by atoms with Crippen molar-refractivity contribution in [2.45, 2.75) is 40.7 Å². The van der Waals surface area contributed by atoms with E-state index in [1.165, 1.54) is 0 Å². The Morgan fingerprint density at radius 2 is 1.69 bits per heavy atom. The topological polar surface area (TPSA) is 118 Å². The summed E-state index contributed by atoms with van der Waals surface area (Å²) in [7, 11) is 3.32. The summed E-state index contributed by atoms with van der Waals surface area (Å²) < 4.78 is 18.2. The van der Waals surface area contributed by atoms with E-state index in [9.17, 15) is 14.9 Å². The molecule has 0 unspecified atom stereocenters. The van der Waals surface area contributed by atoms with Gasteiger partial charge in [-0.15, -0.1) is 0 Å². The molecule has 10 heteroatoms. The number of nitrogens with zero attached hydrogens (tertiary/aromatic N) is 3. The Morgan fingerprint density at radius 3 is 2.31 bits per heavy atom. The van der Waals surface area contributed by atoms with Crippen LogP contribution in [0.4, 0.5) is 11.5 Å². The molecule has 0 spiro atoms. The number of nitrogens with one attached hydrogen (secondary N) is 2. The van der Waals surface area contributed by atoms with Crippen molar-refractivity contribution in [3.63, 3.8) is 0 Å². The average Bonchev–Trinajstić information content (AvgIpc) is 3.04. The number of rotatable bonds is 14. The number of carbonyl (C=O) groups is 2. The second-order valence-electron chi connectivity index (χ2n) is 8.34. The molecule has 0 fully saturated rings. The molecule has 2 amide bonds. The first-order valence-electron chi connectivity index (χ1n) is 12.0. The third kappa shape index (κ3) is 7.73. The summed E-state index contributed by atoms with van der Waals surface area (Å²) in [4.78, 5) is 27.0. The van der Waals surface area contributed by atoms with Crippen LogP contribution in [0.1, 0.15) is 37.1 Å². The Morgan fingerprint density at radius 1 is 1.06 bits per heavy atom. The number of aromatic nitrogens is 1. The minimum atomic E-state index is -0.313. The molecular weight excluding hydrogens is 462 g/mol. The van der Waals surface area contributed by atoms with Crippen molar-refractivity contribution in [2.75, 3.05) is 57.7 Å². The Labute approximate surface area is 213 Å². The van der Waals surface area contributed by atoms with Gasteiger partial charge in [-0.1, -0.05) is 0 Å². The smallest absolute Gasteiger partial charge is 0.239 e. The van der Waals surface area contributed by atoms with Gasteiger partial charge in [0, 0.05) is 37.7 Å². The number of ether oxygens (including phenoxy) is 3. The van der Waals surface area contributed by atoms with Crippen LogP contribution in [0.25, 0.3) is 0 Å². The van der Waals surface area contributed by atoms with Crippen molar-refractivity contribution in [1.82, 2.24) is 9.47 Å². The zero-order valence-corrected chi connectivity index (χ0v) is 22.1. The summed E-state index contributed by atoms with van der Waals surface area (Å²) in [5.41, 5.74) is 2.77. The fourth-order valence-electron chi connectivity index (χ4n) is 3.82.